The Labute approximate surface area is 399 Å². The second-order valence-electron chi connectivity index (χ2n) is 20.1. The van der Waals surface area contributed by atoms with Crippen molar-refractivity contribution < 1.29 is 24.2 Å². The number of esters is 2. The van der Waals surface area contributed by atoms with Crippen molar-refractivity contribution >= 4 is 11.9 Å². The van der Waals surface area contributed by atoms with Gasteiger partial charge in [0.15, 0.2) is 0 Å². The first-order valence-electron chi connectivity index (χ1n) is 28.3. The van der Waals surface area contributed by atoms with E-state index in [1.165, 1.54) is 185 Å². The van der Waals surface area contributed by atoms with Gasteiger partial charge < -0.3 is 14.6 Å². The maximum atomic E-state index is 12.8. The highest BCUT2D eigenvalue weighted by atomic mass is 16.5. The van der Waals surface area contributed by atoms with Crippen LogP contribution in [0.25, 0.3) is 0 Å². The predicted molar refractivity (Wildman–Crippen MR) is 277 cm³/mol. The molecule has 7 nitrogen and oxygen atoms in total. The number of rotatable bonds is 51. The number of hydrogen-bond donors (Lipinski definition) is 1. The number of allylic oxidation sites excluding steroid dienone is 1. The second-order valence-corrected chi connectivity index (χ2v) is 20.1. The largest absolute Gasteiger partial charge is 0.465 e. The van der Waals surface area contributed by atoms with E-state index in [0.717, 1.165) is 71.2 Å². The van der Waals surface area contributed by atoms with Crippen LogP contribution < -0.4 is 0 Å². The van der Waals surface area contributed by atoms with Crippen molar-refractivity contribution in [2.24, 2.45) is 11.8 Å². The molecule has 0 unspecified atom stereocenters. The first kappa shape index (κ1) is 62.6. The van der Waals surface area contributed by atoms with Gasteiger partial charge in [0.2, 0.25) is 0 Å². The Hall–Kier alpha value is -1.44. The summed E-state index contributed by atoms with van der Waals surface area (Å²) in [5, 5.41) is 9.86. The molecule has 0 aromatic heterocycles. The van der Waals surface area contributed by atoms with Crippen LogP contribution in [0.3, 0.4) is 0 Å². The van der Waals surface area contributed by atoms with Gasteiger partial charge in [0.1, 0.15) is 0 Å². The number of aliphatic hydroxyl groups excluding tert-OH is 1. The highest BCUT2D eigenvalue weighted by molar-refractivity contribution is 5.69. The minimum absolute atomic E-state index is 0.0138. The molecule has 64 heavy (non-hydrogen) atoms. The summed E-state index contributed by atoms with van der Waals surface area (Å²) in [5.41, 5.74) is 1.33. The van der Waals surface area contributed by atoms with Crippen molar-refractivity contribution in [3.05, 3.63) is 11.6 Å². The van der Waals surface area contributed by atoms with Crippen molar-refractivity contribution in [3.8, 4) is 0 Å². The van der Waals surface area contributed by atoms with Crippen LogP contribution in [-0.2, 0) is 19.1 Å². The lowest BCUT2D eigenvalue weighted by molar-refractivity contribution is -0.146. The van der Waals surface area contributed by atoms with Crippen LogP contribution in [0.5, 0.6) is 0 Å². The standard InChI is InChI=1S/C57H112N2O5/c1-7-11-15-19-23-29-37-54(38-30-24-20-16-12-8-2)51-63-56(61)41-33-27-35-44-58(46-43-53(5)6)47-48-59(49-50-60)45-36-28-34-42-57(62)64-52-55(39-31-25-21-17-13-9-3)40-32-26-22-18-14-10-4/h43,54-55,60H,7-42,44-52H2,1-6H3. The lowest BCUT2D eigenvalue weighted by Gasteiger charge is -2.27. The maximum Gasteiger partial charge on any atom is 0.305 e. The Morgan fingerprint density at radius 2 is 0.750 bits per heavy atom. The van der Waals surface area contributed by atoms with Gasteiger partial charge in [-0.1, -0.05) is 206 Å². The monoisotopic (exact) mass is 905 g/mol. The van der Waals surface area contributed by atoms with Gasteiger partial charge in [0.25, 0.3) is 0 Å². The molecule has 0 aliphatic heterocycles. The van der Waals surface area contributed by atoms with E-state index in [-0.39, 0.29) is 18.5 Å². The zero-order valence-electron chi connectivity index (χ0n) is 44.0. The van der Waals surface area contributed by atoms with E-state index in [9.17, 15) is 14.7 Å². The van der Waals surface area contributed by atoms with E-state index in [1.54, 1.807) is 0 Å². The average molecular weight is 906 g/mol. The molecule has 0 aliphatic carbocycles. The molecular formula is C57H112N2O5. The first-order valence-corrected chi connectivity index (χ1v) is 28.3. The number of carbonyl (C=O) groups is 2. The molecule has 0 aliphatic rings. The smallest absolute Gasteiger partial charge is 0.305 e. The summed E-state index contributed by atoms with van der Waals surface area (Å²) in [5.74, 6) is 0.984. The third-order valence-electron chi connectivity index (χ3n) is 13.4. The second kappa shape index (κ2) is 49.5. The fourth-order valence-corrected chi connectivity index (χ4v) is 8.97. The number of carbonyl (C=O) groups excluding carboxylic acids is 2. The summed E-state index contributed by atoms with van der Waals surface area (Å²) in [6.07, 6.45) is 45.5. The molecule has 0 saturated carbocycles. The number of hydrogen-bond acceptors (Lipinski definition) is 7. The Morgan fingerprint density at radius 3 is 1.11 bits per heavy atom. The van der Waals surface area contributed by atoms with E-state index in [4.69, 9.17) is 9.47 Å². The van der Waals surface area contributed by atoms with E-state index in [0.29, 0.717) is 44.4 Å². The molecule has 7 heteroatoms. The summed E-state index contributed by atoms with van der Waals surface area (Å²) in [4.78, 5) is 30.5. The molecule has 0 heterocycles. The topological polar surface area (TPSA) is 79.3 Å². The quantitative estimate of drug-likeness (QED) is 0.0370. The Morgan fingerprint density at radius 1 is 0.422 bits per heavy atom. The van der Waals surface area contributed by atoms with E-state index >= 15 is 0 Å². The van der Waals surface area contributed by atoms with Gasteiger partial charge in [-0.2, -0.15) is 0 Å². The third-order valence-corrected chi connectivity index (χ3v) is 13.4. The molecule has 0 spiro atoms. The Kier molecular flexibility index (Phi) is 48.4. The lowest BCUT2D eigenvalue weighted by atomic mass is 9.94. The van der Waals surface area contributed by atoms with Crippen LogP contribution in [0.4, 0.5) is 0 Å². The maximum absolute atomic E-state index is 12.8. The predicted octanol–water partition coefficient (Wildman–Crippen LogP) is 16.0. The molecule has 0 fully saturated rings. The van der Waals surface area contributed by atoms with Crippen molar-refractivity contribution in [2.45, 2.75) is 273 Å². The van der Waals surface area contributed by atoms with Gasteiger partial charge in [-0.3, -0.25) is 19.4 Å². The SMILES string of the molecule is CCCCCCCCC(CCCCCCCC)COC(=O)CCCCCN(CC=C(C)C)CCN(CCO)CCCCCC(=O)OCC(CCCCCCCC)CCCCCCCC. The van der Waals surface area contributed by atoms with Crippen LogP contribution in [0, 0.1) is 11.8 Å². The van der Waals surface area contributed by atoms with Gasteiger partial charge in [0, 0.05) is 39.0 Å². The third kappa shape index (κ3) is 44.4. The van der Waals surface area contributed by atoms with E-state index < -0.39 is 0 Å². The van der Waals surface area contributed by atoms with E-state index in [2.05, 4.69) is 57.4 Å². The van der Waals surface area contributed by atoms with Crippen molar-refractivity contribution in [1.29, 1.82) is 0 Å². The summed E-state index contributed by atoms with van der Waals surface area (Å²) in [7, 11) is 0. The van der Waals surface area contributed by atoms with Crippen LogP contribution in [-0.4, -0.2) is 85.9 Å². The fourth-order valence-electron chi connectivity index (χ4n) is 8.97. The van der Waals surface area contributed by atoms with Crippen LogP contribution in [0.15, 0.2) is 11.6 Å². The summed E-state index contributed by atoms with van der Waals surface area (Å²) in [6, 6.07) is 0. The minimum Gasteiger partial charge on any atom is -0.465 e. The zero-order valence-corrected chi connectivity index (χ0v) is 44.0. The summed E-state index contributed by atoms with van der Waals surface area (Å²) < 4.78 is 11.8. The Bertz CT molecular complexity index is 984. The molecule has 0 aromatic carbocycles. The molecular weight excluding hydrogens is 793 g/mol. The molecule has 0 saturated heterocycles. The number of unbranched alkanes of at least 4 members (excludes halogenated alkanes) is 24. The van der Waals surface area contributed by atoms with Gasteiger partial charge in [-0.25, -0.2) is 0 Å². The van der Waals surface area contributed by atoms with Crippen LogP contribution >= 0.6 is 0 Å². The lowest BCUT2D eigenvalue weighted by Crippen LogP contribution is -2.37. The first-order chi connectivity index (χ1) is 31.3. The summed E-state index contributed by atoms with van der Waals surface area (Å²) in [6.45, 7) is 20.2. The molecule has 0 amide bonds. The van der Waals surface area contributed by atoms with E-state index in [1.807, 2.05) is 0 Å². The Balaban J connectivity index is 4.65. The number of aliphatic hydroxyl groups is 1. The molecule has 380 valence electrons. The minimum atomic E-state index is -0.0267. The highest BCUT2D eigenvalue weighted by Crippen LogP contribution is 2.22. The van der Waals surface area contributed by atoms with Gasteiger partial charge in [-0.15, -0.1) is 0 Å². The normalized spacial score (nSPS) is 11.7. The highest BCUT2D eigenvalue weighted by Gasteiger charge is 2.15. The molecule has 0 radical (unpaired) electrons. The molecule has 0 bridgehead atoms. The molecule has 1 N–H and O–H groups in total. The van der Waals surface area contributed by atoms with Gasteiger partial charge in [-0.05, 0) is 90.1 Å². The van der Waals surface area contributed by atoms with Crippen molar-refractivity contribution in [3.63, 3.8) is 0 Å². The number of nitrogens with zero attached hydrogens (tertiary/aromatic N) is 2. The van der Waals surface area contributed by atoms with Gasteiger partial charge in [0.05, 0.1) is 19.8 Å². The van der Waals surface area contributed by atoms with Crippen LogP contribution in [0.1, 0.15) is 273 Å². The fraction of sp³-hybridized carbons (Fsp3) is 0.930. The van der Waals surface area contributed by atoms with Crippen molar-refractivity contribution in [2.75, 3.05) is 59.1 Å². The number of ether oxygens (including phenoxy) is 2. The molecule has 0 atom stereocenters. The molecule has 0 rings (SSSR count). The van der Waals surface area contributed by atoms with Crippen molar-refractivity contribution in [1.82, 2.24) is 9.80 Å². The molecule has 0 aromatic rings. The zero-order chi connectivity index (χ0) is 47.0. The van der Waals surface area contributed by atoms with Crippen LogP contribution in [0.2, 0.25) is 0 Å². The average Bonchev–Trinajstić information content (AvgIpc) is 3.28. The summed E-state index contributed by atoms with van der Waals surface area (Å²) >= 11 is 0. The van der Waals surface area contributed by atoms with Gasteiger partial charge >= 0.3 is 11.9 Å².